The van der Waals surface area contributed by atoms with Gasteiger partial charge in [-0.05, 0) is 36.2 Å². The summed E-state index contributed by atoms with van der Waals surface area (Å²) in [5, 5.41) is 4.80. The summed E-state index contributed by atoms with van der Waals surface area (Å²) in [6.07, 6.45) is 3.15. The maximum Gasteiger partial charge on any atom is 0.330 e. The lowest BCUT2D eigenvalue weighted by molar-refractivity contribution is -0.137. The van der Waals surface area contributed by atoms with Crippen molar-refractivity contribution in [2.75, 3.05) is 6.61 Å². The number of nitrogens with two attached hydrogens (primary N) is 1. The third kappa shape index (κ3) is 5.73. The Bertz CT molecular complexity index is 829. The van der Waals surface area contributed by atoms with Crippen LogP contribution in [0, 0.1) is 0 Å². The molecule has 0 saturated heterocycles. The fraction of sp³-hybridized carbons (Fsp3) is 0.250. The van der Waals surface area contributed by atoms with E-state index in [0.717, 1.165) is 10.8 Å². The van der Waals surface area contributed by atoms with Crippen molar-refractivity contribution in [1.82, 2.24) is 5.32 Å². The van der Waals surface area contributed by atoms with Gasteiger partial charge in [-0.1, -0.05) is 36.4 Å². The lowest BCUT2D eigenvalue weighted by Gasteiger charge is -2.15. The first kappa shape index (κ1) is 19.2. The van der Waals surface area contributed by atoms with Crippen LogP contribution in [0.25, 0.3) is 10.8 Å². The van der Waals surface area contributed by atoms with Crippen LogP contribution >= 0.6 is 0 Å². The monoisotopic (exact) mass is 354 g/mol. The Morgan fingerprint density at radius 1 is 1.15 bits per heavy atom. The van der Waals surface area contributed by atoms with E-state index in [-0.39, 0.29) is 18.9 Å². The van der Waals surface area contributed by atoms with Crippen LogP contribution in [0.5, 0.6) is 0 Å². The van der Waals surface area contributed by atoms with Crippen molar-refractivity contribution in [3.63, 3.8) is 0 Å². The summed E-state index contributed by atoms with van der Waals surface area (Å²) in [4.78, 5) is 35.1. The summed E-state index contributed by atoms with van der Waals surface area (Å²) < 4.78 is 4.83. The highest BCUT2D eigenvalue weighted by atomic mass is 16.5. The Morgan fingerprint density at radius 2 is 1.88 bits per heavy atom. The predicted octanol–water partition coefficient (Wildman–Crippen LogP) is 2.32. The van der Waals surface area contributed by atoms with Crippen molar-refractivity contribution in [2.24, 2.45) is 5.73 Å². The standard InChI is InChI=1S/C20H22N2O4/c1-2-26-19(24)12-10-17(9-11-18(21)23)22-20(25)16-8-7-14-5-3-4-6-15(14)13-16/h3-8,10,12-13,17H,2,9,11H2,1H3,(H2,21,23)(H,22,25)/t17-/m0/s1. The Morgan fingerprint density at radius 3 is 2.58 bits per heavy atom. The van der Waals surface area contributed by atoms with E-state index >= 15 is 0 Å². The van der Waals surface area contributed by atoms with Gasteiger partial charge in [-0.2, -0.15) is 0 Å². The molecule has 0 saturated carbocycles. The molecule has 0 aliphatic rings. The Balaban J connectivity index is 2.12. The van der Waals surface area contributed by atoms with E-state index in [1.165, 1.54) is 12.2 Å². The average Bonchev–Trinajstić information content (AvgIpc) is 2.63. The number of primary amides is 1. The normalized spacial score (nSPS) is 12.0. The van der Waals surface area contributed by atoms with E-state index in [1.54, 1.807) is 19.1 Å². The molecule has 0 spiro atoms. The average molecular weight is 354 g/mol. The fourth-order valence-electron chi connectivity index (χ4n) is 2.48. The minimum absolute atomic E-state index is 0.0931. The molecule has 3 N–H and O–H groups in total. The molecule has 26 heavy (non-hydrogen) atoms. The SMILES string of the molecule is CCOC(=O)C=C[C@H](CCC(N)=O)NC(=O)c1ccc2ccccc2c1. The molecule has 2 rings (SSSR count). The summed E-state index contributed by atoms with van der Waals surface area (Å²) in [5.74, 6) is -1.27. The second-order valence-electron chi connectivity index (χ2n) is 5.76. The van der Waals surface area contributed by atoms with Crippen LogP contribution in [0.2, 0.25) is 0 Å². The molecule has 0 aliphatic carbocycles. The number of benzene rings is 2. The molecule has 1 atom stereocenters. The number of fused-ring (bicyclic) bond motifs is 1. The Hall–Kier alpha value is -3.15. The molecule has 0 aromatic heterocycles. The second kappa shape index (κ2) is 9.36. The molecular weight excluding hydrogens is 332 g/mol. The first-order valence-electron chi connectivity index (χ1n) is 8.42. The highest BCUT2D eigenvalue weighted by molar-refractivity contribution is 5.98. The quantitative estimate of drug-likeness (QED) is 0.561. The number of nitrogens with one attached hydrogen (secondary N) is 1. The summed E-state index contributed by atoms with van der Waals surface area (Å²) >= 11 is 0. The molecule has 0 aliphatic heterocycles. The van der Waals surface area contributed by atoms with Crippen molar-refractivity contribution in [1.29, 1.82) is 0 Å². The van der Waals surface area contributed by atoms with E-state index < -0.39 is 17.9 Å². The number of hydrogen-bond donors (Lipinski definition) is 2. The van der Waals surface area contributed by atoms with Gasteiger partial charge in [0.15, 0.2) is 0 Å². The first-order chi connectivity index (χ1) is 12.5. The summed E-state index contributed by atoms with van der Waals surface area (Å²) in [6, 6.07) is 12.6. The number of carbonyl (C=O) groups is 3. The van der Waals surface area contributed by atoms with Gasteiger partial charge in [0.05, 0.1) is 6.61 Å². The van der Waals surface area contributed by atoms with Crippen LogP contribution in [0.15, 0.2) is 54.6 Å². The third-order valence-corrected chi connectivity index (χ3v) is 3.78. The Kier molecular flexibility index (Phi) is 6.91. The summed E-state index contributed by atoms with van der Waals surface area (Å²) in [6.45, 7) is 1.97. The number of amides is 2. The van der Waals surface area contributed by atoms with Crippen molar-refractivity contribution < 1.29 is 19.1 Å². The Labute approximate surface area is 152 Å². The van der Waals surface area contributed by atoms with Crippen LogP contribution < -0.4 is 11.1 Å². The summed E-state index contributed by atoms with van der Waals surface area (Å²) in [7, 11) is 0. The number of hydrogen-bond acceptors (Lipinski definition) is 4. The van der Waals surface area contributed by atoms with Gasteiger partial charge in [0.1, 0.15) is 0 Å². The number of esters is 1. The van der Waals surface area contributed by atoms with Crippen LogP contribution in [0.3, 0.4) is 0 Å². The van der Waals surface area contributed by atoms with Crippen LogP contribution in [0.4, 0.5) is 0 Å². The van der Waals surface area contributed by atoms with Gasteiger partial charge in [-0.3, -0.25) is 9.59 Å². The fourth-order valence-corrected chi connectivity index (χ4v) is 2.48. The van der Waals surface area contributed by atoms with Crippen molar-refractivity contribution in [2.45, 2.75) is 25.8 Å². The molecule has 136 valence electrons. The van der Waals surface area contributed by atoms with Crippen molar-refractivity contribution >= 4 is 28.6 Å². The van der Waals surface area contributed by atoms with Gasteiger partial charge in [0, 0.05) is 24.1 Å². The largest absolute Gasteiger partial charge is 0.463 e. The van der Waals surface area contributed by atoms with Crippen LogP contribution in [-0.4, -0.2) is 30.4 Å². The van der Waals surface area contributed by atoms with Gasteiger partial charge in [-0.15, -0.1) is 0 Å². The maximum absolute atomic E-state index is 12.5. The van der Waals surface area contributed by atoms with Crippen molar-refractivity contribution in [3.8, 4) is 0 Å². The highest BCUT2D eigenvalue weighted by Gasteiger charge is 2.13. The number of carbonyl (C=O) groups excluding carboxylic acids is 3. The van der Waals surface area contributed by atoms with Gasteiger partial charge in [0.2, 0.25) is 5.91 Å². The molecule has 2 aromatic rings. The lowest BCUT2D eigenvalue weighted by Crippen LogP contribution is -2.34. The van der Waals surface area contributed by atoms with E-state index in [4.69, 9.17) is 10.5 Å². The molecule has 6 nitrogen and oxygen atoms in total. The zero-order chi connectivity index (χ0) is 18.9. The third-order valence-electron chi connectivity index (χ3n) is 3.78. The zero-order valence-electron chi connectivity index (χ0n) is 14.6. The van der Waals surface area contributed by atoms with E-state index in [9.17, 15) is 14.4 Å². The topological polar surface area (TPSA) is 98.5 Å². The van der Waals surface area contributed by atoms with Gasteiger partial charge >= 0.3 is 5.97 Å². The highest BCUT2D eigenvalue weighted by Crippen LogP contribution is 2.16. The van der Waals surface area contributed by atoms with Crippen molar-refractivity contribution in [3.05, 3.63) is 60.2 Å². The smallest absolute Gasteiger partial charge is 0.330 e. The maximum atomic E-state index is 12.5. The van der Waals surface area contributed by atoms with Gasteiger partial charge in [0.25, 0.3) is 5.91 Å². The van der Waals surface area contributed by atoms with Gasteiger partial charge in [-0.25, -0.2) is 4.79 Å². The van der Waals surface area contributed by atoms with E-state index in [2.05, 4.69) is 5.32 Å². The van der Waals surface area contributed by atoms with Crippen LogP contribution in [0.1, 0.15) is 30.1 Å². The molecule has 2 aromatic carbocycles. The molecular formula is C20H22N2O4. The minimum Gasteiger partial charge on any atom is -0.463 e. The van der Waals surface area contributed by atoms with Crippen LogP contribution in [-0.2, 0) is 14.3 Å². The predicted molar refractivity (Wildman–Crippen MR) is 99.4 cm³/mol. The molecule has 2 amide bonds. The lowest BCUT2D eigenvalue weighted by atomic mass is 10.1. The zero-order valence-corrected chi connectivity index (χ0v) is 14.6. The van der Waals surface area contributed by atoms with E-state index in [0.29, 0.717) is 12.0 Å². The first-order valence-corrected chi connectivity index (χ1v) is 8.42. The molecule has 0 fully saturated rings. The molecule has 6 heteroatoms. The minimum atomic E-state index is -0.508. The molecule has 0 unspecified atom stereocenters. The number of rotatable bonds is 8. The summed E-state index contributed by atoms with van der Waals surface area (Å²) in [5.41, 5.74) is 5.68. The van der Waals surface area contributed by atoms with E-state index in [1.807, 2.05) is 30.3 Å². The molecule has 0 bridgehead atoms. The molecule has 0 radical (unpaired) electrons. The second-order valence-corrected chi connectivity index (χ2v) is 5.76. The number of ether oxygens (including phenoxy) is 1. The van der Waals surface area contributed by atoms with Gasteiger partial charge < -0.3 is 15.8 Å². The molecule has 0 heterocycles.